The fraction of sp³-hybridized carbons (Fsp3) is 0.533. The van der Waals surface area contributed by atoms with Gasteiger partial charge in [0.05, 0.1) is 10.7 Å². The molecule has 2 rings (SSSR count). The molecule has 120 valence electrons. The van der Waals surface area contributed by atoms with E-state index in [1.54, 1.807) is 0 Å². The number of nitrogens with zero attached hydrogens (tertiary/aromatic N) is 3. The van der Waals surface area contributed by atoms with Crippen LogP contribution in [0.4, 0.5) is 5.82 Å². The van der Waals surface area contributed by atoms with Crippen LogP contribution in [-0.2, 0) is 13.6 Å². The number of anilines is 1. The van der Waals surface area contributed by atoms with E-state index in [2.05, 4.69) is 4.98 Å². The third-order valence-electron chi connectivity index (χ3n) is 3.40. The molecular formula is C15H22N4O2S. The molecule has 2 aromatic rings. The molecule has 2 aromatic heterocycles. The average Bonchev–Trinajstić information content (AvgIpc) is 2.91. The fourth-order valence-electron chi connectivity index (χ4n) is 2.23. The molecule has 0 spiro atoms. The maximum absolute atomic E-state index is 12.5. The highest BCUT2D eigenvalue weighted by molar-refractivity contribution is 7.10. The first-order chi connectivity index (χ1) is 10.2. The van der Waals surface area contributed by atoms with Gasteiger partial charge in [0.2, 0.25) is 0 Å². The van der Waals surface area contributed by atoms with Crippen LogP contribution in [0.3, 0.4) is 0 Å². The number of thiazole rings is 1. The summed E-state index contributed by atoms with van der Waals surface area (Å²) < 4.78 is 2.55. The first-order valence-corrected chi connectivity index (χ1v) is 8.17. The Bertz CT molecular complexity index is 799. The first kappa shape index (κ1) is 16.5. The van der Waals surface area contributed by atoms with Crippen LogP contribution in [0, 0.1) is 5.92 Å². The Morgan fingerprint density at radius 3 is 2.41 bits per heavy atom. The number of nitrogens with two attached hydrogens (primary N) is 1. The number of rotatable bonds is 4. The topological polar surface area (TPSA) is 82.9 Å². The highest BCUT2D eigenvalue weighted by Gasteiger charge is 2.20. The van der Waals surface area contributed by atoms with Crippen molar-refractivity contribution in [3.8, 4) is 11.3 Å². The summed E-state index contributed by atoms with van der Waals surface area (Å²) in [6, 6.07) is 0. The average molecular weight is 322 g/mol. The van der Waals surface area contributed by atoms with E-state index >= 15 is 0 Å². The lowest BCUT2D eigenvalue weighted by molar-refractivity contribution is 0.494. The molecule has 0 unspecified atom stereocenters. The van der Waals surface area contributed by atoms with E-state index in [9.17, 15) is 9.59 Å². The fourth-order valence-corrected chi connectivity index (χ4v) is 3.06. The number of hydrogen-bond acceptors (Lipinski definition) is 5. The van der Waals surface area contributed by atoms with Crippen LogP contribution in [0.15, 0.2) is 15.0 Å². The Hall–Kier alpha value is -1.89. The molecule has 22 heavy (non-hydrogen) atoms. The molecule has 0 aromatic carbocycles. The summed E-state index contributed by atoms with van der Waals surface area (Å²) in [4.78, 5) is 29.2. The van der Waals surface area contributed by atoms with Crippen LogP contribution in [0.5, 0.6) is 0 Å². The summed E-state index contributed by atoms with van der Waals surface area (Å²) >= 11 is 1.50. The summed E-state index contributed by atoms with van der Waals surface area (Å²) in [5.41, 5.74) is 6.20. The largest absolute Gasteiger partial charge is 0.384 e. The van der Waals surface area contributed by atoms with E-state index in [1.807, 2.05) is 33.1 Å². The van der Waals surface area contributed by atoms with Crippen molar-refractivity contribution < 1.29 is 0 Å². The van der Waals surface area contributed by atoms with Gasteiger partial charge in [-0.1, -0.05) is 27.7 Å². The summed E-state index contributed by atoms with van der Waals surface area (Å²) in [5.74, 6) is 0.722. The molecule has 0 amide bonds. The van der Waals surface area contributed by atoms with Gasteiger partial charge < -0.3 is 5.73 Å². The van der Waals surface area contributed by atoms with Gasteiger partial charge in [0.1, 0.15) is 11.4 Å². The van der Waals surface area contributed by atoms with Gasteiger partial charge in [-0.15, -0.1) is 11.3 Å². The minimum absolute atomic E-state index is 0.197. The van der Waals surface area contributed by atoms with Crippen molar-refractivity contribution in [2.45, 2.75) is 40.2 Å². The minimum Gasteiger partial charge on any atom is -0.384 e. The third kappa shape index (κ3) is 2.85. The third-order valence-corrected chi connectivity index (χ3v) is 4.55. The second kappa shape index (κ2) is 6.08. The molecule has 0 saturated carbocycles. The van der Waals surface area contributed by atoms with Gasteiger partial charge in [0, 0.05) is 24.9 Å². The van der Waals surface area contributed by atoms with Crippen molar-refractivity contribution in [1.29, 1.82) is 0 Å². The molecule has 6 nitrogen and oxygen atoms in total. The summed E-state index contributed by atoms with van der Waals surface area (Å²) in [6.07, 6.45) is 0. The van der Waals surface area contributed by atoms with E-state index < -0.39 is 5.56 Å². The van der Waals surface area contributed by atoms with Gasteiger partial charge >= 0.3 is 5.69 Å². The van der Waals surface area contributed by atoms with Crippen LogP contribution in [-0.4, -0.2) is 14.1 Å². The van der Waals surface area contributed by atoms with Crippen molar-refractivity contribution >= 4 is 17.2 Å². The molecular weight excluding hydrogens is 300 g/mol. The van der Waals surface area contributed by atoms with E-state index in [1.165, 1.54) is 23.0 Å². The molecule has 7 heteroatoms. The summed E-state index contributed by atoms with van der Waals surface area (Å²) in [7, 11) is 1.47. The van der Waals surface area contributed by atoms with Gasteiger partial charge in [0.15, 0.2) is 0 Å². The van der Waals surface area contributed by atoms with E-state index in [0.29, 0.717) is 17.8 Å². The van der Waals surface area contributed by atoms with Gasteiger partial charge in [-0.2, -0.15) is 0 Å². The number of nitrogen functional groups attached to an aromatic ring is 1. The zero-order valence-electron chi connectivity index (χ0n) is 13.6. The first-order valence-electron chi connectivity index (χ1n) is 7.29. The Labute approximate surface area is 133 Å². The van der Waals surface area contributed by atoms with Crippen LogP contribution in [0.2, 0.25) is 0 Å². The molecule has 0 radical (unpaired) electrons. The predicted molar refractivity (Wildman–Crippen MR) is 90.4 cm³/mol. The van der Waals surface area contributed by atoms with Crippen LogP contribution in [0.25, 0.3) is 11.3 Å². The lowest BCUT2D eigenvalue weighted by Crippen LogP contribution is -2.41. The molecule has 0 aliphatic heterocycles. The minimum atomic E-state index is -0.400. The van der Waals surface area contributed by atoms with Crippen molar-refractivity contribution in [1.82, 2.24) is 14.1 Å². The smallest absolute Gasteiger partial charge is 0.332 e. The van der Waals surface area contributed by atoms with E-state index in [-0.39, 0.29) is 23.3 Å². The van der Waals surface area contributed by atoms with Crippen LogP contribution in [0.1, 0.15) is 38.6 Å². The molecule has 0 aliphatic rings. The van der Waals surface area contributed by atoms with Crippen molar-refractivity contribution in [2.24, 2.45) is 13.0 Å². The Morgan fingerprint density at radius 2 is 1.91 bits per heavy atom. The lowest BCUT2D eigenvalue weighted by atomic mass is 10.2. The van der Waals surface area contributed by atoms with Gasteiger partial charge in [-0.3, -0.25) is 13.9 Å². The number of aromatic nitrogens is 3. The molecule has 2 heterocycles. The second-order valence-electron chi connectivity index (χ2n) is 6.14. The Morgan fingerprint density at radius 1 is 1.27 bits per heavy atom. The second-order valence-corrected chi connectivity index (χ2v) is 7.03. The predicted octanol–water partition coefficient (Wildman–Crippen LogP) is 2.03. The van der Waals surface area contributed by atoms with Crippen LogP contribution < -0.4 is 17.0 Å². The monoisotopic (exact) mass is 322 g/mol. The van der Waals surface area contributed by atoms with Gasteiger partial charge in [-0.05, 0) is 5.92 Å². The number of hydrogen-bond donors (Lipinski definition) is 1. The molecule has 0 fully saturated rings. The highest BCUT2D eigenvalue weighted by Crippen LogP contribution is 2.27. The van der Waals surface area contributed by atoms with E-state index in [0.717, 1.165) is 9.57 Å². The maximum Gasteiger partial charge on any atom is 0.332 e. The zero-order chi connectivity index (χ0) is 16.6. The quantitative estimate of drug-likeness (QED) is 0.933. The molecule has 2 N–H and O–H groups in total. The molecule has 0 atom stereocenters. The summed E-state index contributed by atoms with van der Waals surface area (Å²) in [5, 5.41) is 2.77. The van der Waals surface area contributed by atoms with Gasteiger partial charge in [-0.25, -0.2) is 9.78 Å². The molecule has 0 saturated heterocycles. The maximum atomic E-state index is 12.5. The lowest BCUT2D eigenvalue weighted by Gasteiger charge is -2.15. The van der Waals surface area contributed by atoms with Crippen molar-refractivity contribution in [3.05, 3.63) is 31.2 Å². The van der Waals surface area contributed by atoms with E-state index in [4.69, 9.17) is 5.73 Å². The standard InChI is InChI=1S/C15H22N4O2S/c1-8(2)6-19-12(16)11(14(20)18(5)15(19)21)10-7-22-13(17-10)9(3)4/h7-9H,6,16H2,1-5H3. The zero-order valence-corrected chi connectivity index (χ0v) is 14.4. The normalized spacial score (nSPS) is 11.6. The Kier molecular flexibility index (Phi) is 4.55. The van der Waals surface area contributed by atoms with Gasteiger partial charge in [0.25, 0.3) is 5.56 Å². The molecule has 0 aliphatic carbocycles. The Balaban J connectivity index is 2.72. The summed E-state index contributed by atoms with van der Waals surface area (Å²) in [6.45, 7) is 8.55. The molecule has 0 bridgehead atoms. The highest BCUT2D eigenvalue weighted by atomic mass is 32.1. The van der Waals surface area contributed by atoms with Crippen molar-refractivity contribution in [2.75, 3.05) is 5.73 Å². The van der Waals surface area contributed by atoms with Crippen LogP contribution >= 0.6 is 11.3 Å². The SMILES string of the molecule is CC(C)Cn1c(N)c(-c2csc(C(C)C)n2)c(=O)n(C)c1=O. The van der Waals surface area contributed by atoms with Crippen molar-refractivity contribution in [3.63, 3.8) is 0 Å².